The summed E-state index contributed by atoms with van der Waals surface area (Å²) in [7, 11) is 2.00. The topological polar surface area (TPSA) is 16.4 Å². The molecule has 3 aromatic rings. The lowest BCUT2D eigenvalue weighted by Gasteiger charge is -2.08. The minimum Gasteiger partial charge on any atom is -0.323 e. The average molecular weight is 278 g/mol. The number of rotatable bonds is 4. The van der Waals surface area contributed by atoms with Crippen LogP contribution in [0.25, 0.3) is 16.6 Å². The quantitative estimate of drug-likeness (QED) is 0.746. The van der Waals surface area contributed by atoms with Crippen LogP contribution in [0.15, 0.2) is 54.9 Å². The standard InChI is InChI=1S/C19H22N2/c1-14(2)15-7-9-16(10-8-15)18-13-21-11-5-4-6-19(21)17(18)12-20-3/h4-11,13-14,20H,12H2,1-3H3. The van der Waals surface area contributed by atoms with Gasteiger partial charge in [0.25, 0.3) is 0 Å². The number of pyridine rings is 1. The average Bonchev–Trinajstić information content (AvgIpc) is 2.87. The molecule has 1 N–H and O–H groups in total. The molecule has 1 aromatic carbocycles. The monoisotopic (exact) mass is 278 g/mol. The van der Waals surface area contributed by atoms with Gasteiger partial charge in [0.15, 0.2) is 0 Å². The highest BCUT2D eigenvalue weighted by Gasteiger charge is 2.11. The van der Waals surface area contributed by atoms with Crippen molar-refractivity contribution < 1.29 is 0 Å². The van der Waals surface area contributed by atoms with Crippen LogP contribution in [0, 0.1) is 0 Å². The van der Waals surface area contributed by atoms with Crippen LogP contribution in [0.2, 0.25) is 0 Å². The van der Waals surface area contributed by atoms with Gasteiger partial charge in [-0.15, -0.1) is 0 Å². The first-order valence-electron chi connectivity index (χ1n) is 7.54. The lowest BCUT2D eigenvalue weighted by Crippen LogP contribution is -2.05. The summed E-state index contributed by atoms with van der Waals surface area (Å²) in [5.41, 5.74) is 6.61. The van der Waals surface area contributed by atoms with E-state index in [1.807, 2.05) is 7.05 Å². The van der Waals surface area contributed by atoms with Gasteiger partial charge in [0, 0.05) is 24.5 Å². The fraction of sp³-hybridized carbons (Fsp3) is 0.263. The molecule has 0 radical (unpaired) electrons. The van der Waals surface area contributed by atoms with Gasteiger partial charge in [0.05, 0.1) is 5.52 Å². The van der Waals surface area contributed by atoms with Crippen LogP contribution in [0.5, 0.6) is 0 Å². The Morgan fingerprint density at radius 3 is 2.48 bits per heavy atom. The van der Waals surface area contributed by atoms with Crippen molar-refractivity contribution in [1.29, 1.82) is 0 Å². The van der Waals surface area contributed by atoms with Crippen LogP contribution < -0.4 is 5.32 Å². The number of hydrogen-bond donors (Lipinski definition) is 1. The molecule has 21 heavy (non-hydrogen) atoms. The zero-order chi connectivity index (χ0) is 14.8. The van der Waals surface area contributed by atoms with E-state index in [-0.39, 0.29) is 0 Å². The Morgan fingerprint density at radius 1 is 1.05 bits per heavy atom. The molecular formula is C19H22N2. The maximum absolute atomic E-state index is 3.29. The van der Waals surface area contributed by atoms with Crippen molar-refractivity contribution in [2.75, 3.05) is 7.05 Å². The molecule has 0 amide bonds. The van der Waals surface area contributed by atoms with Gasteiger partial charge in [-0.3, -0.25) is 0 Å². The number of aromatic nitrogens is 1. The third-order valence-corrected chi connectivity index (χ3v) is 4.03. The van der Waals surface area contributed by atoms with E-state index in [1.54, 1.807) is 0 Å². The van der Waals surface area contributed by atoms with Crippen LogP contribution in [0.1, 0.15) is 30.9 Å². The van der Waals surface area contributed by atoms with Gasteiger partial charge in [-0.25, -0.2) is 0 Å². The minimum absolute atomic E-state index is 0.573. The molecule has 0 bridgehead atoms. The zero-order valence-corrected chi connectivity index (χ0v) is 12.9. The Hall–Kier alpha value is -2.06. The zero-order valence-electron chi connectivity index (χ0n) is 12.9. The number of fused-ring (bicyclic) bond motifs is 1. The first-order chi connectivity index (χ1) is 10.2. The molecule has 0 unspecified atom stereocenters. The Morgan fingerprint density at radius 2 is 1.81 bits per heavy atom. The van der Waals surface area contributed by atoms with E-state index in [4.69, 9.17) is 0 Å². The summed E-state index contributed by atoms with van der Waals surface area (Å²) in [5.74, 6) is 0.573. The number of nitrogens with zero attached hydrogens (tertiary/aromatic N) is 1. The van der Waals surface area contributed by atoms with Gasteiger partial charge in [-0.1, -0.05) is 44.2 Å². The second-order valence-corrected chi connectivity index (χ2v) is 5.82. The smallest absolute Gasteiger partial charge is 0.0501 e. The summed E-state index contributed by atoms with van der Waals surface area (Å²) in [6.07, 6.45) is 4.34. The van der Waals surface area contributed by atoms with Crippen molar-refractivity contribution >= 4 is 5.52 Å². The van der Waals surface area contributed by atoms with Gasteiger partial charge in [-0.2, -0.15) is 0 Å². The van der Waals surface area contributed by atoms with Crippen LogP contribution >= 0.6 is 0 Å². The van der Waals surface area contributed by atoms with Crippen molar-refractivity contribution in [3.63, 3.8) is 0 Å². The lowest BCUT2D eigenvalue weighted by atomic mass is 9.98. The Labute approximate surface area is 126 Å². The van der Waals surface area contributed by atoms with E-state index in [0.717, 1.165) is 6.54 Å². The summed E-state index contributed by atoms with van der Waals surface area (Å²) in [5, 5.41) is 3.29. The molecule has 0 spiro atoms. The molecule has 2 heteroatoms. The fourth-order valence-corrected chi connectivity index (χ4v) is 2.84. The molecule has 0 aliphatic carbocycles. The Bertz CT molecular complexity index is 736. The summed E-state index contributed by atoms with van der Waals surface area (Å²) in [6.45, 7) is 5.34. The summed E-state index contributed by atoms with van der Waals surface area (Å²) < 4.78 is 2.21. The molecule has 108 valence electrons. The molecule has 0 atom stereocenters. The van der Waals surface area contributed by atoms with Crippen molar-refractivity contribution in [2.45, 2.75) is 26.3 Å². The summed E-state index contributed by atoms with van der Waals surface area (Å²) >= 11 is 0. The van der Waals surface area contributed by atoms with Crippen molar-refractivity contribution in [3.05, 3.63) is 66.0 Å². The van der Waals surface area contributed by atoms with E-state index in [9.17, 15) is 0 Å². The molecule has 3 rings (SSSR count). The maximum atomic E-state index is 3.29. The second-order valence-electron chi connectivity index (χ2n) is 5.82. The second kappa shape index (κ2) is 5.74. The number of benzene rings is 1. The summed E-state index contributed by atoms with van der Waals surface area (Å²) in [4.78, 5) is 0. The van der Waals surface area contributed by atoms with Crippen LogP contribution in [-0.4, -0.2) is 11.4 Å². The van der Waals surface area contributed by atoms with Crippen LogP contribution in [0.3, 0.4) is 0 Å². The maximum Gasteiger partial charge on any atom is 0.0501 e. The first kappa shape index (κ1) is 13.9. The van der Waals surface area contributed by atoms with Gasteiger partial charge in [-0.05, 0) is 41.8 Å². The first-order valence-corrected chi connectivity index (χ1v) is 7.54. The van der Waals surface area contributed by atoms with Crippen molar-refractivity contribution in [3.8, 4) is 11.1 Å². The molecule has 2 aromatic heterocycles. The SMILES string of the molecule is CNCc1c(-c2ccc(C(C)C)cc2)cn2ccccc12. The molecule has 0 fully saturated rings. The van der Waals surface area contributed by atoms with Crippen molar-refractivity contribution in [2.24, 2.45) is 0 Å². The van der Waals surface area contributed by atoms with E-state index >= 15 is 0 Å². The van der Waals surface area contributed by atoms with E-state index in [0.29, 0.717) is 5.92 Å². The third-order valence-electron chi connectivity index (χ3n) is 4.03. The largest absolute Gasteiger partial charge is 0.323 e. The highest BCUT2D eigenvalue weighted by atomic mass is 14.9. The predicted octanol–water partition coefficient (Wildman–Crippen LogP) is 4.45. The van der Waals surface area contributed by atoms with Gasteiger partial charge in [0.1, 0.15) is 0 Å². The normalized spacial score (nSPS) is 11.4. The van der Waals surface area contributed by atoms with Gasteiger partial charge >= 0.3 is 0 Å². The molecule has 0 aliphatic heterocycles. The highest BCUT2D eigenvalue weighted by molar-refractivity contribution is 5.76. The highest BCUT2D eigenvalue weighted by Crippen LogP contribution is 2.30. The Balaban J connectivity index is 2.12. The fourth-order valence-electron chi connectivity index (χ4n) is 2.84. The van der Waals surface area contributed by atoms with E-state index < -0.39 is 0 Å². The molecular weight excluding hydrogens is 256 g/mol. The molecule has 0 saturated heterocycles. The third kappa shape index (κ3) is 2.59. The Kier molecular flexibility index (Phi) is 3.80. The van der Waals surface area contributed by atoms with Crippen molar-refractivity contribution in [1.82, 2.24) is 9.72 Å². The molecule has 0 saturated carbocycles. The molecule has 0 aliphatic rings. The number of hydrogen-bond acceptors (Lipinski definition) is 1. The van der Waals surface area contributed by atoms with E-state index in [1.165, 1.54) is 27.8 Å². The lowest BCUT2D eigenvalue weighted by molar-refractivity contribution is 0.825. The minimum atomic E-state index is 0.573. The predicted molar refractivity (Wildman–Crippen MR) is 89.7 cm³/mol. The van der Waals surface area contributed by atoms with Crippen LogP contribution in [-0.2, 0) is 6.54 Å². The van der Waals surface area contributed by atoms with Gasteiger partial charge in [0.2, 0.25) is 0 Å². The van der Waals surface area contributed by atoms with E-state index in [2.05, 4.69) is 78.4 Å². The summed E-state index contributed by atoms with van der Waals surface area (Å²) in [6, 6.07) is 15.3. The van der Waals surface area contributed by atoms with Crippen LogP contribution in [0.4, 0.5) is 0 Å². The number of nitrogens with one attached hydrogen (secondary N) is 1. The molecule has 2 heterocycles. The van der Waals surface area contributed by atoms with Gasteiger partial charge < -0.3 is 9.72 Å². The molecule has 2 nitrogen and oxygen atoms in total.